The molecule has 0 saturated heterocycles. The molecule has 5 aromatic heterocycles. The summed E-state index contributed by atoms with van der Waals surface area (Å²) in [6, 6.07) is 52.1. The molecule has 6 heterocycles. The molecule has 264 valence electrons. The van der Waals surface area contributed by atoms with Crippen LogP contribution in [0.25, 0.3) is 94.2 Å². The summed E-state index contributed by atoms with van der Waals surface area (Å²) in [7, 11) is 0. The quantitative estimate of drug-likeness (QED) is 0.186. The summed E-state index contributed by atoms with van der Waals surface area (Å²) in [6.45, 7) is 0.802. The van der Waals surface area contributed by atoms with Crippen LogP contribution in [0.5, 0.6) is 0 Å². The summed E-state index contributed by atoms with van der Waals surface area (Å²) in [5.74, 6) is 0. The smallest absolute Gasteiger partial charge is 0.0963 e. The standard InChI is InChI=1S/C50H34N6/c1-2-13-40(39(12-1)33-22-27-51-28-23-33)34-18-20-45-43(29-34)49-47(16-7-25-53-49)55(45)37-10-5-11-38(31-37)56-46-21-19-35(30-44(46)50-48(56)17-8-26-54-50)41-14-3-4-15-42(41)36-9-6-24-52-32-36/h1-31,52H,32H2. The van der Waals surface area contributed by atoms with Crippen LogP contribution in [-0.2, 0) is 0 Å². The number of dihydropyridines is 1. The second-order valence-electron chi connectivity index (χ2n) is 14.2. The van der Waals surface area contributed by atoms with Gasteiger partial charge in [-0.3, -0.25) is 15.0 Å². The van der Waals surface area contributed by atoms with Gasteiger partial charge in [0.1, 0.15) is 0 Å². The van der Waals surface area contributed by atoms with Crippen LogP contribution in [0.15, 0.2) is 189 Å². The molecular formula is C50H34N6. The fourth-order valence-electron chi connectivity index (χ4n) is 8.51. The lowest BCUT2D eigenvalue weighted by atomic mass is 9.93. The minimum Gasteiger partial charge on any atom is -0.387 e. The van der Waals surface area contributed by atoms with Gasteiger partial charge in [-0.15, -0.1) is 0 Å². The Balaban J connectivity index is 1.06. The number of allylic oxidation sites excluding steroid dienone is 2. The first kappa shape index (κ1) is 31.9. The van der Waals surface area contributed by atoms with E-state index >= 15 is 0 Å². The van der Waals surface area contributed by atoms with E-state index in [0.717, 1.165) is 72.9 Å². The van der Waals surface area contributed by atoms with Gasteiger partial charge in [0.25, 0.3) is 0 Å². The van der Waals surface area contributed by atoms with Gasteiger partial charge >= 0.3 is 0 Å². The number of hydrogen-bond donors (Lipinski definition) is 1. The zero-order chi connectivity index (χ0) is 37.0. The average Bonchev–Trinajstić information content (AvgIpc) is 3.79. The first-order valence-corrected chi connectivity index (χ1v) is 18.9. The fourth-order valence-corrected chi connectivity index (χ4v) is 8.51. The predicted octanol–water partition coefficient (Wildman–Crippen LogP) is 11.6. The largest absolute Gasteiger partial charge is 0.387 e. The maximum atomic E-state index is 4.95. The Labute approximate surface area is 323 Å². The number of pyridine rings is 3. The summed E-state index contributed by atoms with van der Waals surface area (Å²) in [5.41, 5.74) is 17.9. The molecule has 56 heavy (non-hydrogen) atoms. The molecule has 0 unspecified atom stereocenters. The van der Waals surface area contributed by atoms with Crippen molar-refractivity contribution < 1.29 is 0 Å². The van der Waals surface area contributed by atoms with Crippen LogP contribution in [0, 0.1) is 0 Å². The van der Waals surface area contributed by atoms with E-state index in [-0.39, 0.29) is 0 Å². The van der Waals surface area contributed by atoms with Crippen molar-refractivity contribution in [2.75, 3.05) is 6.54 Å². The number of fused-ring (bicyclic) bond motifs is 6. The summed E-state index contributed by atoms with van der Waals surface area (Å²) in [5, 5.41) is 5.60. The van der Waals surface area contributed by atoms with E-state index in [1.54, 1.807) is 0 Å². The van der Waals surface area contributed by atoms with Crippen LogP contribution in [0.1, 0.15) is 5.56 Å². The van der Waals surface area contributed by atoms with Crippen LogP contribution in [0.2, 0.25) is 0 Å². The maximum Gasteiger partial charge on any atom is 0.0963 e. The molecule has 0 spiro atoms. The van der Waals surface area contributed by atoms with Gasteiger partial charge in [-0.1, -0.05) is 72.8 Å². The molecule has 0 atom stereocenters. The third kappa shape index (κ3) is 5.15. The minimum atomic E-state index is 0.802. The van der Waals surface area contributed by atoms with E-state index in [0.29, 0.717) is 0 Å². The first-order valence-electron chi connectivity index (χ1n) is 18.9. The van der Waals surface area contributed by atoms with Crippen LogP contribution >= 0.6 is 0 Å². The number of rotatable bonds is 6. The number of hydrogen-bond acceptors (Lipinski definition) is 4. The SMILES string of the molecule is C1=CNCC(c2ccccc2-c2ccc3c(c2)c2ncccc2n3-c2cccc(-n3c4ccc(-c5ccccc5-c5ccncc5)cc4c4ncccc43)c2)=C1. The van der Waals surface area contributed by atoms with E-state index in [2.05, 4.69) is 165 Å². The third-order valence-corrected chi connectivity index (χ3v) is 11.0. The van der Waals surface area contributed by atoms with E-state index < -0.39 is 0 Å². The minimum absolute atomic E-state index is 0.802. The molecule has 1 aliphatic rings. The number of nitrogens with one attached hydrogen (secondary N) is 1. The Morgan fingerprint density at radius 2 is 1.00 bits per heavy atom. The molecule has 6 heteroatoms. The molecule has 11 rings (SSSR count). The Morgan fingerprint density at radius 3 is 1.57 bits per heavy atom. The second-order valence-corrected chi connectivity index (χ2v) is 14.2. The van der Waals surface area contributed by atoms with Crippen molar-refractivity contribution in [3.05, 3.63) is 194 Å². The van der Waals surface area contributed by atoms with Crippen molar-refractivity contribution >= 4 is 49.4 Å². The van der Waals surface area contributed by atoms with Crippen molar-refractivity contribution in [2.24, 2.45) is 0 Å². The first-order chi connectivity index (χ1) is 27.8. The fraction of sp³-hybridized carbons (Fsp3) is 0.0200. The molecule has 0 amide bonds. The van der Waals surface area contributed by atoms with Gasteiger partial charge in [0.05, 0.1) is 33.1 Å². The Hall–Kier alpha value is -7.57. The molecule has 1 N–H and O–H groups in total. The van der Waals surface area contributed by atoms with E-state index in [4.69, 9.17) is 9.97 Å². The van der Waals surface area contributed by atoms with Gasteiger partial charge in [0, 0.05) is 53.5 Å². The molecule has 0 fully saturated rings. The highest BCUT2D eigenvalue weighted by Crippen LogP contribution is 2.39. The monoisotopic (exact) mass is 718 g/mol. The Bertz CT molecular complexity index is 3200. The van der Waals surface area contributed by atoms with Crippen molar-refractivity contribution in [2.45, 2.75) is 0 Å². The van der Waals surface area contributed by atoms with Crippen LogP contribution < -0.4 is 5.32 Å². The summed E-state index contributed by atoms with van der Waals surface area (Å²) in [4.78, 5) is 14.1. The third-order valence-electron chi connectivity index (χ3n) is 11.0. The summed E-state index contributed by atoms with van der Waals surface area (Å²) >= 11 is 0. The van der Waals surface area contributed by atoms with Crippen molar-refractivity contribution in [1.29, 1.82) is 0 Å². The Kier molecular flexibility index (Phi) is 7.45. The molecule has 0 aliphatic carbocycles. The average molecular weight is 719 g/mol. The van der Waals surface area contributed by atoms with Crippen LogP contribution in [0.4, 0.5) is 0 Å². The number of aromatic nitrogens is 5. The summed E-state index contributed by atoms with van der Waals surface area (Å²) < 4.78 is 4.68. The summed E-state index contributed by atoms with van der Waals surface area (Å²) in [6.07, 6.45) is 13.7. The van der Waals surface area contributed by atoms with Crippen LogP contribution in [0.3, 0.4) is 0 Å². The molecule has 5 aromatic carbocycles. The number of nitrogens with zero attached hydrogens (tertiary/aromatic N) is 5. The zero-order valence-corrected chi connectivity index (χ0v) is 30.3. The molecule has 1 aliphatic heterocycles. The van der Waals surface area contributed by atoms with Gasteiger partial charge in [-0.2, -0.15) is 0 Å². The van der Waals surface area contributed by atoms with Crippen LogP contribution in [-0.4, -0.2) is 30.6 Å². The lowest BCUT2D eigenvalue weighted by molar-refractivity contribution is 0.986. The molecule has 0 radical (unpaired) electrons. The highest BCUT2D eigenvalue weighted by Gasteiger charge is 2.19. The van der Waals surface area contributed by atoms with E-state index in [9.17, 15) is 0 Å². The molecule has 0 saturated carbocycles. The molecule has 0 bridgehead atoms. The maximum absolute atomic E-state index is 4.95. The van der Waals surface area contributed by atoms with E-state index in [1.165, 1.54) is 33.4 Å². The lowest BCUT2D eigenvalue weighted by Crippen LogP contribution is -2.12. The highest BCUT2D eigenvalue weighted by atomic mass is 15.0. The van der Waals surface area contributed by atoms with Crippen molar-refractivity contribution in [1.82, 2.24) is 29.4 Å². The van der Waals surface area contributed by atoms with Gasteiger partial charge in [-0.25, -0.2) is 0 Å². The highest BCUT2D eigenvalue weighted by molar-refractivity contribution is 6.10. The molecule has 6 nitrogen and oxygen atoms in total. The molecule has 10 aromatic rings. The molecular weight excluding hydrogens is 685 g/mol. The lowest BCUT2D eigenvalue weighted by Gasteiger charge is -2.16. The van der Waals surface area contributed by atoms with Crippen molar-refractivity contribution in [3.8, 4) is 44.8 Å². The topological polar surface area (TPSA) is 60.6 Å². The Morgan fingerprint density at radius 1 is 0.446 bits per heavy atom. The second kappa shape index (κ2) is 13.1. The van der Waals surface area contributed by atoms with Gasteiger partial charge in [0.2, 0.25) is 0 Å². The van der Waals surface area contributed by atoms with Gasteiger partial charge < -0.3 is 14.5 Å². The normalized spacial score (nSPS) is 12.8. The zero-order valence-electron chi connectivity index (χ0n) is 30.3. The predicted molar refractivity (Wildman–Crippen MR) is 230 cm³/mol. The van der Waals surface area contributed by atoms with Gasteiger partial charge in [-0.05, 0) is 136 Å². The van der Waals surface area contributed by atoms with Crippen molar-refractivity contribution in [3.63, 3.8) is 0 Å². The van der Waals surface area contributed by atoms with Gasteiger partial charge in [0.15, 0.2) is 0 Å². The van der Waals surface area contributed by atoms with E-state index in [1.807, 2.05) is 43.1 Å². The number of benzene rings is 5.